The summed E-state index contributed by atoms with van der Waals surface area (Å²) >= 11 is 1.79. The van der Waals surface area contributed by atoms with Crippen LogP contribution in [-0.2, 0) is 18.3 Å². The molecule has 0 bridgehead atoms. The lowest BCUT2D eigenvalue weighted by Gasteiger charge is -2.32. The third kappa shape index (κ3) is 2.41. The van der Waals surface area contributed by atoms with E-state index in [1.807, 2.05) is 24.2 Å². The molecule has 2 aromatic heterocycles. The van der Waals surface area contributed by atoms with Crippen LogP contribution in [0.2, 0.25) is 0 Å². The second-order valence-corrected chi connectivity index (χ2v) is 6.04. The molecule has 104 valence electrons. The van der Waals surface area contributed by atoms with Crippen molar-refractivity contribution in [3.05, 3.63) is 45.9 Å². The lowest BCUT2D eigenvalue weighted by atomic mass is 10.0. The molecule has 3 heterocycles. The maximum Gasteiger partial charge on any atom is 0.247 e. The molecule has 2 aromatic rings. The first kappa shape index (κ1) is 13.1. The fraction of sp³-hybridized carbons (Fsp3) is 0.333. The van der Waals surface area contributed by atoms with Crippen molar-refractivity contribution in [3.63, 3.8) is 0 Å². The highest BCUT2D eigenvalue weighted by atomic mass is 32.1. The zero-order chi connectivity index (χ0) is 14.1. The van der Waals surface area contributed by atoms with Gasteiger partial charge in [-0.05, 0) is 36.4 Å². The first-order valence-corrected chi connectivity index (χ1v) is 7.56. The number of aryl methyl sites for hydroxylation is 1. The molecule has 0 N–H and O–H groups in total. The summed E-state index contributed by atoms with van der Waals surface area (Å²) in [6.07, 6.45) is 8.07. The van der Waals surface area contributed by atoms with E-state index in [-0.39, 0.29) is 11.9 Å². The third-order valence-electron chi connectivity index (χ3n) is 3.70. The van der Waals surface area contributed by atoms with Gasteiger partial charge in [-0.1, -0.05) is 0 Å². The fourth-order valence-electron chi connectivity index (χ4n) is 2.60. The quantitative estimate of drug-likeness (QED) is 0.796. The van der Waals surface area contributed by atoms with Crippen LogP contribution >= 0.6 is 11.3 Å². The molecule has 20 heavy (non-hydrogen) atoms. The number of carbonyl (C=O) groups excluding carboxylic acids is 1. The van der Waals surface area contributed by atoms with Crippen LogP contribution in [0.3, 0.4) is 0 Å². The zero-order valence-electron chi connectivity index (χ0n) is 11.6. The zero-order valence-corrected chi connectivity index (χ0v) is 12.4. The van der Waals surface area contributed by atoms with E-state index in [4.69, 9.17) is 0 Å². The highest BCUT2D eigenvalue weighted by molar-refractivity contribution is 7.10. The number of aromatic nitrogens is 2. The summed E-state index contributed by atoms with van der Waals surface area (Å²) in [6, 6.07) is 2.30. The summed E-state index contributed by atoms with van der Waals surface area (Å²) in [7, 11) is 1.87. The second-order valence-electron chi connectivity index (χ2n) is 5.04. The van der Waals surface area contributed by atoms with Crippen LogP contribution in [0.5, 0.6) is 0 Å². The van der Waals surface area contributed by atoms with Crippen molar-refractivity contribution >= 4 is 23.3 Å². The van der Waals surface area contributed by atoms with Crippen molar-refractivity contribution in [3.8, 4) is 0 Å². The molecular formula is C15H17N3OS. The van der Waals surface area contributed by atoms with Crippen molar-refractivity contribution < 1.29 is 4.79 Å². The minimum absolute atomic E-state index is 0.0678. The Morgan fingerprint density at radius 3 is 3.15 bits per heavy atom. The van der Waals surface area contributed by atoms with Gasteiger partial charge in [-0.3, -0.25) is 9.48 Å². The Balaban J connectivity index is 1.74. The molecule has 0 radical (unpaired) electrons. The van der Waals surface area contributed by atoms with E-state index in [0.29, 0.717) is 0 Å². The van der Waals surface area contributed by atoms with Gasteiger partial charge in [-0.2, -0.15) is 5.10 Å². The van der Waals surface area contributed by atoms with E-state index in [1.165, 1.54) is 10.4 Å². The van der Waals surface area contributed by atoms with Crippen LogP contribution in [0.4, 0.5) is 0 Å². The van der Waals surface area contributed by atoms with Gasteiger partial charge < -0.3 is 4.90 Å². The maximum atomic E-state index is 12.3. The average Bonchev–Trinajstić information content (AvgIpc) is 3.05. The largest absolute Gasteiger partial charge is 0.332 e. The predicted octanol–water partition coefficient (Wildman–Crippen LogP) is 2.64. The maximum absolute atomic E-state index is 12.3. The van der Waals surface area contributed by atoms with Gasteiger partial charge in [-0.15, -0.1) is 11.3 Å². The van der Waals surface area contributed by atoms with Gasteiger partial charge in [0.1, 0.15) is 0 Å². The van der Waals surface area contributed by atoms with Gasteiger partial charge in [-0.25, -0.2) is 0 Å². The number of amides is 1. The number of rotatable bonds is 2. The number of hydrogen-bond donors (Lipinski definition) is 0. The molecular weight excluding hydrogens is 270 g/mol. The van der Waals surface area contributed by atoms with Gasteiger partial charge >= 0.3 is 0 Å². The molecule has 0 aromatic carbocycles. The molecule has 0 saturated carbocycles. The first-order valence-electron chi connectivity index (χ1n) is 6.69. The van der Waals surface area contributed by atoms with Gasteiger partial charge in [0.25, 0.3) is 0 Å². The summed E-state index contributed by atoms with van der Waals surface area (Å²) in [5.74, 6) is 0.0678. The molecule has 5 heteroatoms. The van der Waals surface area contributed by atoms with Crippen molar-refractivity contribution in [2.45, 2.75) is 19.4 Å². The molecule has 3 rings (SSSR count). The molecule has 0 aliphatic carbocycles. The summed E-state index contributed by atoms with van der Waals surface area (Å²) in [5.41, 5.74) is 2.24. The summed E-state index contributed by atoms with van der Waals surface area (Å²) < 4.78 is 1.73. The Morgan fingerprint density at radius 1 is 1.55 bits per heavy atom. The molecule has 4 nitrogen and oxygen atoms in total. The smallest absolute Gasteiger partial charge is 0.247 e. The van der Waals surface area contributed by atoms with Crippen molar-refractivity contribution in [1.82, 2.24) is 14.7 Å². The summed E-state index contributed by atoms with van der Waals surface area (Å²) in [6.45, 7) is 2.89. The Hall–Kier alpha value is -1.88. The van der Waals surface area contributed by atoms with E-state index in [1.54, 1.807) is 28.3 Å². The van der Waals surface area contributed by atoms with Crippen LogP contribution in [0.25, 0.3) is 6.08 Å². The summed E-state index contributed by atoms with van der Waals surface area (Å²) in [5, 5.41) is 6.20. The van der Waals surface area contributed by atoms with E-state index < -0.39 is 0 Å². The number of carbonyl (C=O) groups is 1. The Morgan fingerprint density at radius 2 is 2.40 bits per heavy atom. The lowest BCUT2D eigenvalue weighted by molar-refractivity contribution is -0.128. The van der Waals surface area contributed by atoms with Gasteiger partial charge in [0.05, 0.1) is 12.2 Å². The highest BCUT2D eigenvalue weighted by Crippen LogP contribution is 2.32. The molecule has 0 fully saturated rings. The van der Waals surface area contributed by atoms with Crippen molar-refractivity contribution in [1.29, 1.82) is 0 Å². The van der Waals surface area contributed by atoms with E-state index in [9.17, 15) is 4.79 Å². The molecule has 1 aliphatic rings. The van der Waals surface area contributed by atoms with E-state index in [2.05, 4.69) is 23.5 Å². The molecule has 0 spiro atoms. The molecule has 0 saturated heterocycles. The highest BCUT2D eigenvalue weighted by Gasteiger charge is 2.26. The number of nitrogens with zero attached hydrogens (tertiary/aromatic N) is 3. The van der Waals surface area contributed by atoms with Crippen LogP contribution in [0.15, 0.2) is 29.9 Å². The van der Waals surface area contributed by atoms with Gasteiger partial charge in [0.15, 0.2) is 0 Å². The average molecular weight is 287 g/mol. The SMILES string of the molecule is C[C@@H]1c2ccsc2CCN1C(=O)/C=C/c1cnn(C)c1. The second kappa shape index (κ2) is 5.25. The lowest BCUT2D eigenvalue weighted by Crippen LogP contribution is -2.37. The number of thiophene rings is 1. The van der Waals surface area contributed by atoms with Crippen molar-refractivity contribution in [2.24, 2.45) is 7.05 Å². The van der Waals surface area contributed by atoms with Crippen LogP contribution in [0.1, 0.15) is 29.0 Å². The van der Waals surface area contributed by atoms with Crippen LogP contribution in [-0.4, -0.2) is 27.1 Å². The van der Waals surface area contributed by atoms with Crippen molar-refractivity contribution in [2.75, 3.05) is 6.54 Å². The Labute approximate surface area is 122 Å². The molecule has 1 aliphatic heterocycles. The monoisotopic (exact) mass is 287 g/mol. The van der Waals surface area contributed by atoms with E-state index in [0.717, 1.165) is 18.5 Å². The van der Waals surface area contributed by atoms with Gasteiger partial charge in [0.2, 0.25) is 5.91 Å². The minimum atomic E-state index is 0.0678. The molecule has 1 atom stereocenters. The predicted molar refractivity (Wildman–Crippen MR) is 80.4 cm³/mol. The van der Waals surface area contributed by atoms with Crippen LogP contribution < -0.4 is 0 Å². The molecule has 1 amide bonds. The number of hydrogen-bond acceptors (Lipinski definition) is 3. The first-order chi connectivity index (χ1) is 9.65. The Kier molecular flexibility index (Phi) is 3.44. The third-order valence-corrected chi connectivity index (χ3v) is 4.70. The normalized spacial score (nSPS) is 18.5. The number of fused-ring (bicyclic) bond motifs is 1. The minimum Gasteiger partial charge on any atom is -0.332 e. The Bertz CT molecular complexity index is 656. The van der Waals surface area contributed by atoms with Gasteiger partial charge in [0, 0.05) is 36.3 Å². The standard InChI is InChI=1S/C15H17N3OS/c1-11-13-6-8-20-14(13)5-7-18(11)15(19)4-3-12-9-16-17(2)10-12/h3-4,6,8-11H,5,7H2,1-2H3/b4-3+/t11-/m1/s1. The fourth-order valence-corrected chi connectivity index (χ4v) is 3.56. The topological polar surface area (TPSA) is 38.1 Å². The van der Waals surface area contributed by atoms with E-state index >= 15 is 0 Å². The van der Waals surface area contributed by atoms with Crippen LogP contribution in [0, 0.1) is 0 Å². The molecule has 0 unspecified atom stereocenters. The summed E-state index contributed by atoms with van der Waals surface area (Å²) in [4.78, 5) is 15.7.